The summed E-state index contributed by atoms with van der Waals surface area (Å²) in [6, 6.07) is 3.01. The van der Waals surface area contributed by atoms with Crippen LogP contribution in [-0.4, -0.2) is 48.0 Å². The van der Waals surface area contributed by atoms with E-state index in [9.17, 15) is 43.5 Å². The van der Waals surface area contributed by atoms with Crippen LogP contribution in [0.3, 0.4) is 0 Å². The van der Waals surface area contributed by atoms with Gasteiger partial charge in [-0.2, -0.15) is 21.6 Å². The molecule has 35 heavy (non-hydrogen) atoms. The third kappa shape index (κ3) is 4.63. The first-order valence-electron chi connectivity index (χ1n) is 9.74. The maximum atomic E-state index is 12.9. The van der Waals surface area contributed by atoms with E-state index in [1.54, 1.807) is 20.8 Å². The van der Waals surface area contributed by atoms with E-state index in [1.165, 1.54) is 13.0 Å². The number of phenols is 1. The second-order valence-corrected chi connectivity index (χ2v) is 14.4. The summed E-state index contributed by atoms with van der Waals surface area (Å²) in [5.41, 5.74) is -6.81. The smallest absolute Gasteiger partial charge is 0.501 e. The number of nitrogens with one attached hydrogen (secondary N) is 1. The highest BCUT2D eigenvalue weighted by Gasteiger charge is 2.47. The molecule has 0 spiro atoms. The zero-order chi connectivity index (χ0) is 26.9. The molecule has 0 amide bonds. The summed E-state index contributed by atoms with van der Waals surface area (Å²) in [7, 11) is -14.4. The SMILES string of the molecule is Cc1c(S(C)(=O)=O)cc(C(C)(C)C)c(O)c1C1=NS(=O)(=O)c2cc(S(=O)(=O)C(F)(F)F)ccc2N1. The van der Waals surface area contributed by atoms with Crippen LogP contribution in [0.25, 0.3) is 0 Å². The van der Waals surface area contributed by atoms with Gasteiger partial charge in [0.15, 0.2) is 15.7 Å². The van der Waals surface area contributed by atoms with E-state index in [2.05, 4.69) is 9.71 Å². The predicted molar refractivity (Wildman–Crippen MR) is 122 cm³/mol. The molecule has 0 aromatic heterocycles. The van der Waals surface area contributed by atoms with E-state index in [0.29, 0.717) is 12.1 Å². The zero-order valence-corrected chi connectivity index (χ0v) is 21.5. The highest BCUT2D eigenvalue weighted by atomic mass is 32.2. The zero-order valence-electron chi connectivity index (χ0n) is 19.0. The van der Waals surface area contributed by atoms with Crippen molar-refractivity contribution < 1.29 is 43.5 Å². The summed E-state index contributed by atoms with van der Waals surface area (Å²) in [5, 5.41) is 13.6. The third-order valence-corrected chi connectivity index (χ3v) is 9.29. The van der Waals surface area contributed by atoms with E-state index < -0.39 is 62.0 Å². The van der Waals surface area contributed by atoms with E-state index in [-0.39, 0.29) is 27.3 Å². The number of sulfonamides is 1. The number of phenolic OH excluding ortho intramolecular Hbond substituents is 1. The van der Waals surface area contributed by atoms with E-state index in [4.69, 9.17) is 0 Å². The average molecular weight is 555 g/mol. The lowest BCUT2D eigenvalue weighted by atomic mass is 9.84. The Morgan fingerprint density at radius 2 is 1.60 bits per heavy atom. The van der Waals surface area contributed by atoms with Crippen molar-refractivity contribution in [3.05, 3.63) is 41.0 Å². The molecule has 3 rings (SSSR count). The lowest BCUT2D eigenvalue weighted by Gasteiger charge is -2.26. The van der Waals surface area contributed by atoms with Gasteiger partial charge in [0.1, 0.15) is 10.6 Å². The van der Waals surface area contributed by atoms with Gasteiger partial charge in [-0.15, -0.1) is 4.40 Å². The minimum absolute atomic E-state index is 0.0147. The van der Waals surface area contributed by atoms with Crippen LogP contribution < -0.4 is 5.32 Å². The van der Waals surface area contributed by atoms with Crippen LogP contribution >= 0.6 is 0 Å². The largest absolute Gasteiger partial charge is 0.507 e. The van der Waals surface area contributed by atoms with Crippen molar-refractivity contribution in [3.63, 3.8) is 0 Å². The summed E-state index contributed by atoms with van der Waals surface area (Å²) in [6.45, 7) is 6.41. The Kier molecular flexibility index (Phi) is 6.10. The third-order valence-electron chi connectivity index (χ3n) is 5.27. The van der Waals surface area contributed by atoms with Gasteiger partial charge in [-0.25, -0.2) is 16.8 Å². The highest BCUT2D eigenvalue weighted by molar-refractivity contribution is 7.92. The molecule has 2 aromatic rings. The van der Waals surface area contributed by atoms with E-state index >= 15 is 0 Å². The van der Waals surface area contributed by atoms with Gasteiger partial charge < -0.3 is 10.4 Å². The van der Waals surface area contributed by atoms with Crippen molar-refractivity contribution >= 4 is 41.2 Å². The number of nitrogens with zero attached hydrogens (tertiary/aromatic N) is 1. The molecule has 2 N–H and O–H groups in total. The Hall–Kier alpha value is -2.65. The van der Waals surface area contributed by atoms with Gasteiger partial charge in [-0.1, -0.05) is 20.8 Å². The van der Waals surface area contributed by atoms with Gasteiger partial charge in [-0.3, -0.25) is 0 Å². The van der Waals surface area contributed by atoms with Crippen molar-refractivity contribution in [3.8, 4) is 5.75 Å². The van der Waals surface area contributed by atoms with Gasteiger partial charge >= 0.3 is 5.51 Å². The molecule has 1 heterocycles. The normalized spacial score (nSPS) is 16.3. The molecule has 2 aromatic carbocycles. The van der Waals surface area contributed by atoms with Gasteiger partial charge in [0.25, 0.3) is 19.9 Å². The predicted octanol–water partition coefficient (Wildman–Crippen LogP) is 3.26. The Bertz CT molecular complexity index is 1600. The molecule has 9 nitrogen and oxygen atoms in total. The molecule has 1 aliphatic rings. The van der Waals surface area contributed by atoms with Crippen LogP contribution in [0.5, 0.6) is 5.75 Å². The number of amidine groups is 1. The average Bonchev–Trinajstić information content (AvgIpc) is 2.64. The van der Waals surface area contributed by atoms with E-state index in [0.717, 1.165) is 12.3 Å². The van der Waals surface area contributed by atoms with Crippen molar-refractivity contribution in [2.24, 2.45) is 4.40 Å². The molecule has 0 saturated heterocycles. The molecule has 0 fully saturated rings. The van der Waals surface area contributed by atoms with Gasteiger partial charge in [0.2, 0.25) is 0 Å². The second kappa shape index (κ2) is 7.93. The number of anilines is 1. The molecule has 0 bridgehead atoms. The maximum absolute atomic E-state index is 12.9. The quantitative estimate of drug-likeness (QED) is 0.588. The molecule has 15 heteroatoms. The lowest BCUT2D eigenvalue weighted by molar-refractivity contribution is -0.0436. The van der Waals surface area contributed by atoms with Crippen LogP contribution in [0, 0.1) is 6.92 Å². The van der Waals surface area contributed by atoms with Gasteiger partial charge in [-0.05, 0) is 42.2 Å². The van der Waals surface area contributed by atoms with Crippen LogP contribution in [0.4, 0.5) is 18.9 Å². The summed E-state index contributed by atoms with van der Waals surface area (Å²) < 4.78 is 116. The van der Waals surface area contributed by atoms with Crippen molar-refractivity contribution in [2.75, 3.05) is 11.6 Å². The van der Waals surface area contributed by atoms with Gasteiger partial charge in [0, 0.05) is 11.8 Å². The Morgan fingerprint density at radius 3 is 2.09 bits per heavy atom. The number of sulfone groups is 2. The standard InChI is InChI=1S/C20H21F3N2O7S3/c1-10-14(33(5,27)28)9-12(19(2,3)4)17(26)16(10)18-24-13-7-6-11(34(29,30)20(21,22)23)8-15(13)35(31,32)25-18/h6-9,26H,1-5H3,(H,24,25). The molecular formula is C20H21F3N2O7S3. The molecule has 0 atom stereocenters. The number of halogens is 3. The van der Waals surface area contributed by atoms with Crippen molar-refractivity contribution in [1.82, 2.24) is 0 Å². The number of fused-ring (bicyclic) bond motifs is 1. The summed E-state index contributed by atoms with van der Waals surface area (Å²) in [6.07, 6.45) is 0.938. The number of rotatable bonds is 3. The number of aromatic hydroxyl groups is 1. The molecule has 0 saturated carbocycles. The summed E-state index contributed by atoms with van der Waals surface area (Å²) in [5.74, 6) is -0.918. The molecule has 0 unspecified atom stereocenters. The number of hydrogen-bond acceptors (Lipinski definition) is 8. The topological polar surface area (TPSA) is 147 Å². The first-order valence-corrected chi connectivity index (χ1v) is 14.6. The van der Waals surface area contributed by atoms with Gasteiger partial charge in [0.05, 0.1) is 21.0 Å². The minimum Gasteiger partial charge on any atom is -0.507 e. The van der Waals surface area contributed by atoms with Crippen LogP contribution in [0.15, 0.2) is 43.3 Å². The number of benzene rings is 2. The molecule has 0 radical (unpaired) electrons. The molecule has 0 aliphatic carbocycles. The fraction of sp³-hybridized carbons (Fsp3) is 0.350. The fourth-order valence-electron chi connectivity index (χ4n) is 3.54. The minimum atomic E-state index is -5.83. The summed E-state index contributed by atoms with van der Waals surface area (Å²) in [4.78, 5) is -2.31. The Labute approximate surface area is 200 Å². The van der Waals surface area contributed by atoms with Crippen molar-refractivity contribution in [2.45, 2.75) is 53.3 Å². The first kappa shape index (κ1) is 26.9. The summed E-state index contributed by atoms with van der Waals surface area (Å²) >= 11 is 0. The Morgan fingerprint density at radius 1 is 1.03 bits per heavy atom. The Balaban J connectivity index is 2.31. The van der Waals surface area contributed by atoms with Crippen LogP contribution in [0.1, 0.15) is 37.5 Å². The lowest BCUT2D eigenvalue weighted by Crippen LogP contribution is -2.27. The van der Waals surface area contributed by atoms with E-state index in [1.807, 2.05) is 0 Å². The monoisotopic (exact) mass is 554 g/mol. The second-order valence-electron chi connectivity index (χ2n) is 8.94. The van der Waals surface area contributed by atoms with Crippen molar-refractivity contribution in [1.29, 1.82) is 0 Å². The maximum Gasteiger partial charge on any atom is 0.501 e. The molecule has 192 valence electrons. The highest BCUT2D eigenvalue weighted by Crippen LogP contribution is 2.41. The van der Waals surface area contributed by atoms with Crippen LogP contribution in [-0.2, 0) is 35.1 Å². The molecular weight excluding hydrogens is 533 g/mol. The van der Waals surface area contributed by atoms with Crippen LogP contribution in [0.2, 0.25) is 0 Å². The number of hydrogen-bond donors (Lipinski definition) is 2. The first-order chi connectivity index (χ1) is 15.6. The number of alkyl halides is 3. The fourth-order valence-corrected chi connectivity index (χ4v) is 6.54. The molecule has 1 aliphatic heterocycles.